The highest BCUT2D eigenvalue weighted by Crippen LogP contribution is 2.33. The molecule has 0 amide bonds. The van der Waals surface area contributed by atoms with Gasteiger partial charge in [-0.25, -0.2) is 0 Å². The molecule has 0 spiro atoms. The van der Waals surface area contributed by atoms with Crippen LogP contribution >= 0.6 is 11.6 Å². The van der Waals surface area contributed by atoms with E-state index < -0.39 is 0 Å². The summed E-state index contributed by atoms with van der Waals surface area (Å²) in [4.78, 5) is 0. The van der Waals surface area contributed by atoms with Gasteiger partial charge in [-0.2, -0.15) is 0 Å². The topological polar surface area (TPSA) is 30.5 Å². The molecule has 3 nitrogen and oxygen atoms in total. The second-order valence-electron chi connectivity index (χ2n) is 7.27. The number of benzene rings is 1. The third kappa shape index (κ3) is 5.76. The zero-order valence-electron chi connectivity index (χ0n) is 14.3. The van der Waals surface area contributed by atoms with Gasteiger partial charge in [0, 0.05) is 23.2 Å². The van der Waals surface area contributed by atoms with Crippen LogP contribution < -0.4 is 14.8 Å². The highest BCUT2D eigenvalue weighted by Gasteiger charge is 2.25. The third-order valence-electron chi connectivity index (χ3n) is 3.28. The SMILES string of the molecule is COc1cc(Cl)c(CNC(C)(C)CC(C)(C)C)cc1OC. The lowest BCUT2D eigenvalue weighted by Crippen LogP contribution is -2.41. The summed E-state index contributed by atoms with van der Waals surface area (Å²) in [5.74, 6) is 1.35. The lowest BCUT2D eigenvalue weighted by molar-refractivity contribution is 0.240. The number of hydrogen-bond acceptors (Lipinski definition) is 3. The van der Waals surface area contributed by atoms with E-state index in [0.29, 0.717) is 23.1 Å². The predicted octanol–water partition coefficient (Wildman–Crippen LogP) is 4.66. The fourth-order valence-electron chi connectivity index (χ4n) is 2.75. The Morgan fingerprint density at radius 1 is 1.00 bits per heavy atom. The molecule has 4 heteroatoms. The average molecular weight is 314 g/mol. The molecule has 0 aliphatic carbocycles. The first kappa shape index (κ1) is 18.1. The molecule has 0 unspecified atom stereocenters. The van der Waals surface area contributed by atoms with Gasteiger partial charge in [0.25, 0.3) is 0 Å². The van der Waals surface area contributed by atoms with E-state index in [1.165, 1.54) is 0 Å². The highest BCUT2D eigenvalue weighted by molar-refractivity contribution is 6.31. The van der Waals surface area contributed by atoms with E-state index in [0.717, 1.165) is 12.0 Å². The predicted molar refractivity (Wildman–Crippen MR) is 89.5 cm³/mol. The maximum Gasteiger partial charge on any atom is 0.162 e. The first-order valence-corrected chi connectivity index (χ1v) is 7.61. The highest BCUT2D eigenvalue weighted by atomic mass is 35.5. The molecular formula is C17H28ClNO2. The molecule has 0 aliphatic heterocycles. The van der Waals surface area contributed by atoms with Crippen LogP contribution in [0.4, 0.5) is 0 Å². The van der Waals surface area contributed by atoms with Gasteiger partial charge in [0.15, 0.2) is 11.5 Å². The maximum atomic E-state index is 6.32. The van der Waals surface area contributed by atoms with Crippen LogP contribution in [0.3, 0.4) is 0 Å². The van der Waals surface area contributed by atoms with E-state index in [-0.39, 0.29) is 11.0 Å². The summed E-state index contributed by atoms with van der Waals surface area (Å²) in [7, 11) is 3.24. The Balaban J connectivity index is 2.84. The van der Waals surface area contributed by atoms with Gasteiger partial charge in [0.1, 0.15) is 0 Å². The monoisotopic (exact) mass is 313 g/mol. The molecule has 1 aromatic rings. The van der Waals surface area contributed by atoms with Crippen molar-refractivity contribution in [3.63, 3.8) is 0 Å². The molecule has 0 radical (unpaired) electrons. The second kappa shape index (κ2) is 6.89. The minimum Gasteiger partial charge on any atom is -0.493 e. The largest absolute Gasteiger partial charge is 0.493 e. The van der Waals surface area contributed by atoms with Crippen molar-refractivity contribution in [3.8, 4) is 11.5 Å². The van der Waals surface area contributed by atoms with Crippen molar-refractivity contribution in [2.45, 2.75) is 53.1 Å². The van der Waals surface area contributed by atoms with Crippen molar-refractivity contribution in [3.05, 3.63) is 22.7 Å². The molecule has 120 valence electrons. The van der Waals surface area contributed by atoms with Gasteiger partial charge in [-0.15, -0.1) is 0 Å². The molecule has 0 fully saturated rings. The van der Waals surface area contributed by atoms with E-state index in [4.69, 9.17) is 21.1 Å². The van der Waals surface area contributed by atoms with E-state index in [2.05, 4.69) is 39.9 Å². The Kier molecular flexibility index (Phi) is 5.94. The minimum atomic E-state index is 0.0365. The van der Waals surface area contributed by atoms with Crippen molar-refractivity contribution < 1.29 is 9.47 Å². The van der Waals surface area contributed by atoms with Gasteiger partial charge in [0.2, 0.25) is 0 Å². The molecule has 0 aromatic heterocycles. The molecule has 1 rings (SSSR count). The minimum absolute atomic E-state index is 0.0365. The average Bonchev–Trinajstić information content (AvgIpc) is 2.34. The van der Waals surface area contributed by atoms with Crippen molar-refractivity contribution in [1.82, 2.24) is 5.32 Å². The maximum absolute atomic E-state index is 6.32. The van der Waals surface area contributed by atoms with Crippen LogP contribution in [0.2, 0.25) is 5.02 Å². The number of methoxy groups -OCH3 is 2. The molecule has 0 saturated heterocycles. The Labute approximate surface area is 134 Å². The quantitative estimate of drug-likeness (QED) is 0.828. The third-order valence-corrected chi connectivity index (χ3v) is 3.63. The first-order chi connectivity index (χ1) is 9.58. The summed E-state index contributed by atoms with van der Waals surface area (Å²) < 4.78 is 10.6. The Hall–Kier alpha value is -0.930. The number of ether oxygens (including phenoxy) is 2. The van der Waals surface area contributed by atoms with Crippen LogP contribution in [0.15, 0.2) is 12.1 Å². The Bertz CT molecular complexity index is 478. The lowest BCUT2D eigenvalue weighted by atomic mass is 9.82. The number of hydrogen-bond donors (Lipinski definition) is 1. The van der Waals surface area contributed by atoms with Gasteiger partial charge in [0.05, 0.1) is 14.2 Å². The fraction of sp³-hybridized carbons (Fsp3) is 0.647. The molecule has 21 heavy (non-hydrogen) atoms. The zero-order chi connectivity index (χ0) is 16.3. The second-order valence-corrected chi connectivity index (χ2v) is 7.68. The summed E-state index contributed by atoms with van der Waals surface area (Å²) in [6, 6.07) is 3.73. The van der Waals surface area contributed by atoms with Gasteiger partial charge in [-0.3, -0.25) is 0 Å². The summed E-state index contributed by atoms with van der Waals surface area (Å²) in [5, 5.41) is 4.27. The molecule has 1 aromatic carbocycles. The van der Waals surface area contributed by atoms with Gasteiger partial charge >= 0.3 is 0 Å². The van der Waals surface area contributed by atoms with E-state index in [1.54, 1.807) is 20.3 Å². The first-order valence-electron chi connectivity index (χ1n) is 7.23. The summed E-state index contributed by atoms with van der Waals surface area (Å²) >= 11 is 6.32. The molecule has 0 bridgehead atoms. The molecule has 0 heterocycles. The van der Waals surface area contributed by atoms with Gasteiger partial charge in [-0.1, -0.05) is 32.4 Å². The van der Waals surface area contributed by atoms with Crippen LogP contribution in [0.5, 0.6) is 11.5 Å². The van der Waals surface area contributed by atoms with Crippen LogP contribution in [-0.4, -0.2) is 19.8 Å². The van der Waals surface area contributed by atoms with Crippen molar-refractivity contribution in [1.29, 1.82) is 0 Å². The smallest absolute Gasteiger partial charge is 0.162 e. The van der Waals surface area contributed by atoms with Crippen molar-refractivity contribution in [2.75, 3.05) is 14.2 Å². The Morgan fingerprint density at radius 3 is 2.00 bits per heavy atom. The summed E-state index contributed by atoms with van der Waals surface area (Å²) in [6.07, 6.45) is 1.07. The molecule has 1 N–H and O–H groups in total. The summed E-state index contributed by atoms with van der Waals surface area (Å²) in [5.41, 5.74) is 1.32. The molecule has 0 saturated carbocycles. The normalized spacial score (nSPS) is 12.4. The number of nitrogens with one attached hydrogen (secondary N) is 1. The van der Waals surface area contributed by atoms with E-state index >= 15 is 0 Å². The van der Waals surface area contributed by atoms with Crippen molar-refractivity contribution >= 4 is 11.6 Å². The van der Waals surface area contributed by atoms with E-state index in [1.807, 2.05) is 6.07 Å². The molecule has 0 atom stereocenters. The zero-order valence-corrected chi connectivity index (χ0v) is 15.0. The number of rotatable bonds is 6. The van der Waals surface area contributed by atoms with Crippen LogP contribution in [0.1, 0.15) is 46.6 Å². The summed E-state index contributed by atoms with van der Waals surface area (Å²) in [6.45, 7) is 11.9. The standard InChI is InChI=1S/C17H28ClNO2/c1-16(2,3)11-17(4,5)19-10-12-8-14(20-6)15(21-7)9-13(12)18/h8-9,19H,10-11H2,1-7H3. The van der Waals surface area contributed by atoms with Crippen LogP contribution in [0.25, 0.3) is 0 Å². The van der Waals surface area contributed by atoms with Gasteiger partial charge < -0.3 is 14.8 Å². The van der Waals surface area contributed by atoms with Crippen LogP contribution in [-0.2, 0) is 6.54 Å². The van der Waals surface area contributed by atoms with Gasteiger partial charge in [-0.05, 0) is 37.3 Å². The van der Waals surface area contributed by atoms with E-state index in [9.17, 15) is 0 Å². The Morgan fingerprint density at radius 2 is 1.52 bits per heavy atom. The van der Waals surface area contributed by atoms with Crippen molar-refractivity contribution in [2.24, 2.45) is 5.41 Å². The molecule has 0 aliphatic rings. The molecular weight excluding hydrogens is 286 g/mol. The van der Waals surface area contributed by atoms with Crippen LogP contribution in [0, 0.1) is 5.41 Å². The lowest BCUT2D eigenvalue weighted by Gasteiger charge is -2.33. The number of halogens is 1. The fourth-order valence-corrected chi connectivity index (χ4v) is 2.98.